The van der Waals surface area contributed by atoms with E-state index < -0.39 is 9.84 Å². The molecule has 0 radical (unpaired) electrons. The van der Waals surface area contributed by atoms with Crippen molar-refractivity contribution in [3.05, 3.63) is 29.8 Å². The van der Waals surface area contributed by atoms with E-state index >= 15 is 0 Å². The quantitative estimate of drug-likeness (QED) is 0.340. The summed E-state index contributed by atoms with van der Waals surface area (Å²) in [6.07, 6.45) is 1.11. The third kappa shape index (κ3) is 6.99. The first-order valence-corrected chi connectivity index (χ1v) is 11.9. The molecule has 0 amide bonds. The fourth-order valence-electron chi connectivity index (χ4n) is 3.80. The van der Waals surface area contributed by atoms with E-state index in [1.54, 1.807) is 7.11 Å². The minimum absolute atomic E-state index is 0. The van der Waals surface area contributed by atoms with Crippen LogP contribution in [-0.2, 0) is 9.84 Å². The summed E-state index contributed by atoms with van der Waals surface area (Å²) in [5.74, 6) is 2.89. The van der Waals surface area contributed by atoms with E-state index in [1.807, 2.05) is 12.1 Å². The van der Waals surface area contributed by atoms with Gasteiger partial charge in [-0.1, -0.05) is 12.1 Å². The van der Waals surface area contributed by atoms with Crippen LogP contribution < -0.4 is 10.1 Å². The highest BCUT2D eigenvalue weighted by Gasteiger charge is 2.26. The van der Waals surface area contributed by atoms with Crippen LogP contribution in [0.15, 0.2) is 29.3 Å². The van der Waals surface area contributed by atoms with Gasteiger partial charge in [-0.15, -0.1) is 24.0 Å². The van der Waals surface area contributed by atoms with E-state index in [2.05, 4.69) is 34.2 Å². The molecule has 164 valence electrons. The van der Waals surface area contributed by atoms with Crippen LogP contribution in [0.5, 0.6) is 5.75 Å². The number of aliphatic imine (C=N–C) groups is 1. The molecule has 1 aromatic carbocycles. The standard InChI is InChI=1S/C20H32N4O3S.HI/c1-3-21-20(22-9-11-23-12-14-28(25,26)15-13-23)24-10-8-18(16-24)17-4-6-19(27-2)7-5-17;/h4-7,18H,3,8-16H2,1-2H3,(H,21,22);1H. The summed E-state index contributed by atoms with van der Waals surface area (Å²) in [5.41, 5.74) is 1.34. The van der Waals surface area contributed by atoms with Crippen molar-refractivity contribution < 1.29 is 13.2 Å². The Morgan fingerprint density at radius 3 is 2.52 bits per heavy atom. The minimum Gasteiger partial charge on any atom is -0.497 e. The number of methoxy groups -OCH3 is 1. The van der Waals surface area contributed by atoms with Gasteiger partial charge in [0.05, 0.1) is 25.2 Å². The van der Waals surface area contributed by atoms with Crippen LogP contribution in [0.2, 0.25) is 0 Å². The van der Waals surface area contributed by atoms with Crippen molar-refractivity contribution in [2.75, 3.05) is 64.4 Å². The first-order valence-electron chi connectivity index (χ1n) is 10.1. The summed E-state index contributed by atoms with van der Waals surface area (Å²) in [5, 5.41) is 3.41. The smallest absolute Gasteiger partial charge is 0.193 e. The molecule has 29 heavy (non-hydrogen) atoms. The molecule has 0 aliphatic carbocycles. The molecule has 2 saturated heterocycles. The summed E-state index contributed by atoms with van der Waals surface area (Å²) >= 11 is 0. The first-order chi connectivity index (χ1) is 13.5. The fraction of sp³-hybridized carbons (Fsp3) is 0.650. The number of nitrogens with one attached hydrogen (secondary N) is 1. The van der Waals surface area contributed by atoms with Crippen molar-refractivity contribution in [2.24, 2.45) is 4.99 Å². The van der Waals surface area contributed by atoms with Gasteiger partial charge in [0, 0.05) is 45.2 Å². The van der Waals surface area contributed by atoms with Gasteiger partial charge in [-0.25, -0.2) is 8.42 Å². The number of halogens is 1. The van der Waals surface area contributed by atoms with Gasteiger partial charge < -0.3 is 15.0 Å². The molecule has 3 rings (SSSR count). The van der Waals surface area contributed by atoms with Crippen molar-refractivity contribution in [1.29, 1.82) is 0 Å². The number of likely N-dealkylation sites (tertiary alicyclic amines) is 1. The number of sulfone groups is 1. The zero-order chi connectivity index (χ0) is 20.0. The lowest BCUT2D eigenvalue weighted by atomic mass is 9.98. The van der Waals surface area contributed by atoms with Gasteiger partial charge in [0.25, 0.3) is 0 Å². The summed E-state index contributed by atoms with van der Waals surface area (Å²) in [6, 6.07) is 8.36. The van der Waals surface area contributed by atoms with Crippen LogP contribution in [0.3, 0.4) is 0 Å². The number of rotatable bonds is 6. The van der Waals surface area contributed by atoms with Crippen LogP contribution in [0.25, 0.3) is 0 Å². The van der Waals surface area contributed by atoms with E-state index in [9.17, 15) is 8.42 Å². The van der Waals surface area contributed by atoms with Gasteiger partial charge >= 0.3 is 0 Å². The Bertz CT molecular complexity index is 756. The summed E-state index contributed by atoms with van der Waals surface area (Å²) in [7, 11) is -1.13. The fourth-order valence-corrected chi connectivity index (χ4v) is 5.07. The maximum atomic E-state index is 11.5. The van der Waals surface area contributed by atoms with Crippen LogP contribution in [-0.4, -0.2) is 88.6 Å². The monoisotopic (exact) mass is 536 g/mol. The Morgan fingerprint density at radius 1 is 1.21 bits per heavy atom. The Hall–Kier alpha value is -1.07. The molecule has 1 unspecified atom stereocenters. The highest BCUT2D eigenvalue weighted by molar-refractivity contribution is 14.0. The molecule has 1 aromatic rings. The lowest BCUT2D eigenvalue weighted by molar-refractivity contribution is 0.303. The van der Waals surface area contributed by atoms with Crippen molar-refractivity contribution in [1.82, 2.24) is 15.1 Å². The average molecular weight is 536 g/mol. The van der Waals surface area contributed by atoms with Gasteiger partial charge in [-0.3, -0.25) is 9.89 Å². The van der Waals surface area contributed by atoms with Gasteiger partial charge in [-0.05, 0) is 31.0 Å². The third-order valence-corrected chi connectivity index (χ3v) is 7.13. The van der Waals surface area contributed by atoms with Gasteiger partial charge in [0.15, 0.2) is 15.8 Å². The lowest BCUT2D eigenvalue weighted by Crippen LogP contribution is -2.43. The van der Waals surface area contributed by atoms with E-state index in [4.69, 9.17) is 9.73 Å². The molecule has 0 aromatic heterocycles. The molecule has 1 N–H and O–H groups in total. The molecular formula is C20H33IN4O3S. The SMILES string of the molecule is CCNC(=NCCN1CCS(=O)(=O)CC1)N1CCC(c2ccc(OC)cc2)C1.I. The van der Waals surface area contributed by atoms with Gasteiger partial charge in [-0.2, -0.15) is 0 Å². The normalized spacial score (nSPS) is 22.2. The van der Waals surface area contributed by atoms with Crippen molar-refractivity contribution >= 4 is 39.8 Å². The number of hydrogen-bond donors (Lipinski definition) is 1. The third-order valence-electron chi connectivity index (χ3n) is 5.52. The second-order valence-electron chi connectivity index (χ2n) is 7.43. The highest BCUT2D eigenvalue weighted by atomic mass is 127. The Morgan fingerprint density at radius 2 is 1.90 bits per heavy atom. The summed E-state index contributed by atoms with van der Waals surface area (Å²) < 4.78 is 28.3. The molecule has 2 aliphatic heterocycles. The van der Waals surface area contributed by atoms with E-state index in [-0.39, 0.29) is 35.5 Å². The number of guanidine groups is 1. The Kier molecular flexibility index (Phi) is 9.48. The molecule has 0 spiro atoms. The van der Waals surface area contributed by atoms with Crippen molar-refractivity contribution in [3.8, 4) is 5.75 Å². The van der Waals surface area contributed by atoms with Crippen LogP contribution in [0.4, 0.5) is 0 Å². The zero-order valence-electron chi connectivity index (χ0n) is 17.3. The van der Waals surface area contributed by atoms with E-state index in [0.717, 1.165) is 44.3 Å². The molecule has 2 aliphatic rings. The molecule has 0 bridgehead atoms. The molecule has 2 fully saturated rings. The predicted molar refractivity (Wildman–Crippen MR) is 128 cm³/mol. The summed E-state index contributed by atoms with van der Waals surface area (Å²) in [4.78, 5) is 9.33. The lowest BCUT2D eigenvalue weighted by Gasteiger charge is -2.26. The minimum atomic E-state index is -2.82. The van der Waals surface area contributed by atoms with E-state index in [1.165, 1.54) is 5.56 Å². The molecule has 0 saturated carbocycles. The number of hydrogen-bond acceptors (Lipinski definition) is 5. The zero-order valence-corrected chi connectivity index (χ0v) is 20.5. The maximum absolute atomic E-state index is 11.5. The van der Waals surface area contributed by atoms with E-state index in [0.29, 0.717) is 25.6 Å². The largest absolute Gasteiger partial charge is 0.497 e. The Labute approximate surface area is 191 Å². The number of ether oxygens (including phenoxy) is 1. The number of benzene rings is 1. The van der Waals surface area contributed by atoms with Crippen LogP contribution >= 0.6 is 24.0 Å². The molecule has 7 nitrogen and oxygen atoms in total. The van der Waals surface area contributed by atoms with Crippen LogP contribution in [0, 0.1) is 0 Å². The molecular weight excluding hydrogens is 503 g/mol. The second kappa shape index (κ2) is 11.4. The van der Waals surface area contributed by atoms with Gasteiger partial charge in [0.2, 0.25) is 0 Å². The Balaban J connectivity index is 0.00000300. The number of nitrogens with zero attached hydrogens (tertiary/aromatic N) is 3. The molecule has 1 atom stereocenters. The highest BCUT2D eigenvalue weighted by Crippen LogP contribution is 2.28. The molecule has 2 heterocycles. The summed E-state index contributed by atoms with van der Waals surface area (Å²) in [6.45, 7) is 7.61. The van der Waals surface area contributed by atoms with Crippen molar-refractivity contribution in [3.63, 3.8) is 0 Å². The van der Waals surface area contributed by atoms with Crippen LogP contribution in [0.1, 0.15) is 24.8 Å². The maximum Gasteiger partial charge on any atom is 0.193 e. The predicted octanol–water partition coefficient (Wildman–Crippen LogP) is 1.80. The second-order valence-corrected chi connectivity index (χ2v) is 9.74. The molecule has 9 heteroatoms. The first kappa shape index (κ1) is 24.2. The van der Waals surface area contributed by atoms with Gasteiger partial charge in [0.1, 0.15) is 5.75 Å². The topological polar surface area (TPSA) is 74.2 Å². The van der Waals surface area contributed by atoms with Crippen molar-refractivity contribution in [2.45, 2.75) is 19.3 Å². The average Bonchev–Trinajstić information content (AvgIpc) is 3.19.